The molecule has 1 fully saturated rings. The van der Waals surface area contributed by atoms with Gasteiger partial charge in [0.05, 0.1) is 0 Å². The number of carbonyl (C=O) groups is 1. The first-order valence-corrected chi connectivity index (χ1v) is 8.13. The van der Waals surface area contributed by atoms with E-state index >= 15 is 0 Å². The molecule has 23 heavy (non-hydrogen) atoms. The maximum absolute atomic E-state index is 12.0. The standard InChI is InChI=1S/C18H26O5/c1-5-17(4,20)16(19)7-6-12-18(21-14(3)22-18)23-15-10-8-13(2)9-11-15/h8-11,14,20H,5-7,12H2,1-4H3. The van der Waals surface area contributed by atoms with E-state index in [-0.39, 0.29) is 18.5 Å². The van der Waals surface area contributed by atoms with Crippen LogP contribution >= 0.6 is 0 Å². The van der Waals surface area contributed by atoms with Crippen LogP contribution in [0, 0.1) is 6.92 Å². The van der Waals surface area contributed by atoms with E-state index in [1.54, 1.807) is 20.8 Å². The van der Waals surface area contributed by atoms with Crippen molar-refractivity contribution in [1.82, 2.24) is 0 Å². The Morgan fingerprint density at radius 2 is 1.96 bits per heavy atom. The van der Waals surface area contributed by atoms with Crippen molar-refractivity contribution in [1.29, 1.82) is 0 Å². The highest BCUT2D eigenvalue weighted by atomic mass is 17.0. The largest absolute Gasteiger partial charge is 0.439 e. The molecule has 5 heteroatoms. The van der Waals surface area contributed by atoms with Gasteiger partial charge in [-0.25, -0.2) is 0 Å². The molecule has 1 heterocycles. The summed E-state index contributed by atoms with van der Waals surface area (Å²) in [6.07, 6.45) is 1.29. The van der Waals surface area contributed by atoms with Crippen LogP contribution in [-0.4, -0.2) is 28.8 Å². The van der Waals surface area contributed by atoms with Crippen LogP contribution in [0.4, 0.5) is 0 Å². The Kier molecular flexibility index (Phi) is 5.45. The van der Waals surface area contributed by atoms with Gasteiger partial charge in [-0.1, -0.05) is 24.6 Å². The van der Waals surface area contributed by atoms with Crippen LogP contribution in [-0.2, 0) is 14.3 Å². The molecule has 0 bridgehead atoms. The molecule has 1 N–H and O–H groups in total. The second-order valence-electron chi connectivity index (χ2n) is 6.31. The first kappa shape index (κ1) is 17.9. The van der Waals surface area contributed by atoms with Gasteiger partial charge >= 0.3 is 5.97 Å². The summed E-state index contributed by atoms with van der Waals surface area (Å²) >= 11 is 0. The van der Waals surface area contributed by atoms with Crippen LogP contribution < -0.4 is 4.74 Å². The van der Waals surface area contributed by atoms with Gasteiger partial charge in [0.2, 0.25) is 0 Å². The van der Waals surface area contributed by atoms with Crippen molar-refractivity contribution < 1.29 is 24.1 Å². The van der Waals surface area contributed by atoms with Gasteiger partial charge in [0.15, 0.2) is 12.1 Å². The first-order valence-electron chi connectivity index (χ1n) is 8.13. The molecule has 0 spiro atoms. The summed E-state index contributed by atoms with van der Waals surface area (Å²) < 4.78 is 17.1. The Morgan fingerprint density at radius 1 is 1.35 bits per heavy atom. The van der Waals surface area contributed by atoms with E-state index in [2.05, 4.69) is 0 Å². The Hall–Kier alpha value is -1.43. The zero-order chi connectivity index (χ0) is 17.1. The van der Waals surface area contributed by atoms with E-state index in [1.807, 2.05) is 31.2 Å². The quantitative estimate of drug-likeness (QED) is 0.795. The van der Waals surface area contributed by atoms with Gasteiger partial charge in [0.1, 0.15) is 11.4 Å². The number of ketones is 1. The smallest absolute Gasteiger partial charge is 0.331 e. The monoisotopic (exact) mass is 322 g/mol. The lowest BCUT2D eigenvalue weighted by Gasteiger charge is -2.45. The van der Waals surface area contributed by atoms with Crippen LogP contribution in [0.5, 0.6) is 5.75 Å². The molecule has 5 nitrogen and oxygen atoms in total. The summed E-state index contributed by atoms with van der Waals surface area (Å²) in [5.74, 6) is -0.639. The molecule has 1 atom stereocenters. The number of aryl methyl sites for hydroxylation is 1. The van der Waals surface area contributed by atoms with Gasteiger partial charge in [0.25, 0.3) is 0 Å². The molecule has 0 amide bonds. The minimum Gasteiger partial charge on any atom is -0.439 e. The third kappa shape index (κ3) is 4.53. The molecule has 1 aromatic carbocycles. The molecule has 1 saturated heterocycles. The molecule has 128 valence electrons. The van der Waals surface area contributed by atoms with Crippen molar-refractivity contribution >= 4 is 5.78 Å². The van der Waals surface area contributed by atoms with Crippen molar-refractivity contribution in [2.75, 3.05) is 0 Å². The highest BCUT2D eigenvalue weighted by Gasteiger charge is 2.47. The van der Waals surface area contributed by atoms with E-state index in [9.17, 15) is 9.90 Å². The Balaban J connectivity index is 1.91. The minimum atomic E-state index is -1.26. The zero-order valence-electron chi connectivity index (χ0n) is 14.3. The summed E-state index contributed by atoms with van der Waals surface area (Å²) in [6.45, 7) is 7.14. The van der Waals surface area contributed by atoms with Gasteiger partial charge < -0.3 is 9.84 Å². The molecular formula is C18H26O5. The van der Waals surface area contributed by atoms with Crippen LogP contribution in [0.2, 0.25) is 0 Å². The summed E-state index contributed by atoms with van der Waals surface area (Å²) in [5, 5.41) is 9.95. The van der Waals surface area contributed by atoms with Gasteiger partial charge in [-0.05, 0) is 45.7 Å². The normalized spacial score (nSPS) is 26.2. The number of hydrogen-bond donors (Lipinski definition) is 1. The van der Waals surface area contributed by atoms with Gasteiger partial charge in [-0.3, -0.25) is 14.3 Å². The number of benzene rings is 1. The first-order chi connectivity index (χ1) is 10.8. The zero-order valence-corrected chi connectivity index (χ0v) is 14.3. The predicted octanol–water partition coefficient (Wildman–Crippen LogP) is 3.32. The lowest BCUT2D eigenvalue weighted by Crippen LogP contribution is -2.56. The minimum absolute atomic E-state index is 0.169. The van der Waals surface area contributed by atoms with E-state index in [1.165, 1.54) is 0 Å². The van der Waals surface area contributed by atoms with Crippen molar-refractivity contribution in [2.45, 2.75) is 71.2 Å². The third-order valence-corrected chi connectivity index (χ3v) is 4.16. The number of Topliss-reactive ketones (excluding diaryl/α,β-unsaturated/α-hetero) is 1. The molecule has 2 rings (SSSR count). The maximum Gasteiger partial charge on any atom is 0.331 e. The van der Waals surface area contributed by atoms with Crippen molar-refractivity contribution in [3.8, 4) is 5.75 Å². The predicted molar refractivity (Wildman–Crippen MR) is 85.9 cm³/mol. The van der Waals surface area contributed by atoms with E-state index in [4.69, 9.17) is 14.2 Å². The molecule has 0 saturated carbocycles. The molecular weight excluding hydrogens is 296 g/mol. The maximum atomic E-state index is 12.0. The molecule has 1 unspecified atom stereocenters. The molecule has 0 aliphatic carbocycles. The van der Waals surface area contributed by atoms with Crippen LogP contribution in [0.1, 0.15) is 52.0 Å². The topological polar surface area (TPSA) is 65.0 Å². The highest BCUT2D eigenvalue weighted by molar-refractivity contribution is 5.86. The fraction of sp³-hybridized carbons (Fsp3) is 0.611. The SMILES string of the molecule is CCC(C)(O)C(=O)CCCC1(Oc2ccc(C)cc2)OC(C)O1. The van der Waals surface area contributed by atoms with E-state index in [0.717, 1.165) is 5.56 Å². The van der Waals surface area contributed by atoms with Gasteiger partial charge in [0, 0.05) is 12.8 Å². The van der Waals surface area contributed by atoms with Crippen molar-refractivity contribution in [3.63, 3.8) is 0 Å². The average Bonchev–Trinajstić information content (AvgIpc) is 2.48. The van der Waals surface area contributed by atoms with Crippen LogP contribution in [0.15, 0.2) is 24.3 Å². The summed E-state index contributed by atoms with van der Waals surface area (Å²) in [7, 11) is 0. The summed E-state index contributed by atoms with van der Waals surface area (Å²) in [6, 6.07) is 7.62. The number of carbonyl (C=O) groups excluding carboxylic acids is 1. The van der Waals surface area contributed by atoms with Crippen molar-refractivity contribution in [3.05, 3.63) is 29.8 Å². The lowest BCUT2D eigenvalue weighted by atomic mass is 9.94. The second kappa shape index (κ2) is 6.99. The third-order valence-electron chi connectivity index (χ3n) is 4.16. The van der Waals surface area contributed by atoms with E-state index < -0.39 is 11.6 Å². The summed E-state index contributed by atoms with van der Waals surface area (Å²) in [5.41, 5.74) is -0.123. The van der Waals surface area contributed by atoms with Crippen molar-refractivity contribution in [2.24, 2.45) is 0 Å². The number of aliphatic hydroxyl groups is 1. The number of ether oxygens (including phenoxy) is 3. The fourth-order valence-electron chi connectivity index (χ4n) is 2.45. The molecule has 0 aromatic heterocycles. The Morgan fingerprint density at radius 3 is 2.48 bits per heavy atom. The number of hydrogen-bond acceptors (Lipinski definition) is 5. The van der Waals surface area contributed by atoms with Gasteiger partial charge in [-0.2, -0.15) is 0 Å². The number of rotatable bonds is 8. The highest BCUT2D eigenvalue weighted by Crippen LogP contribution is 2.36. The van der Waals surface area contributed by atoms with Gasteiger partial charge in [-0.15, -0.1) is 0 Å². The molecule has 1 aromatic rings. The molecule has 1 aliphatic heterocycles. The molecule has 0 radical (unpaired) electrons. The Bertz CT molecular complexity index is 529. The van der Waals surface area contributed by atoms with E-state index in [0.29, 0.717) is 25.0 Å². The Labute approximate surface area is 137 Å². The van der Waals surface area contributed by atoms with Crippen LogP contribution in [0.3, 0.4) is 0 Å². The second-order valence-corrected chi connectivity index (χ2v) is 6.31. The molecule has 1 aliphatic rings. The lowest BCUT2D eigenvalue weighted by molar-refractivity contribution is -0.516. The average molecular weight is 322 g/mol. The summed E-state index contributed by atoms with van der Waals surface area (Å²) in [4.78, 5) is 12.0. The fourth-order valence-corrected chi connectivity index (χ4v) is 2.45. The van der Waals surface area contributed by atoms with Crippen LogP contribution in [0.25, 0.3) is 0 Å².